The van der Waals surface area contributed by atoms with Crippen LogP contribution in [0.4, 0.5) is 0 Å². The predicted octanol–water partition coefficient (Wildman–Crippen LogP) is 4.32. The topological polar surface area (TPSA) is 55.1 Å². The molecule has 0 saturated carbocycles. The van der Waals surface area contributed by atoms with Gasteiger partial charge in [-0.15, -0.1) is 0 Å². The lowest BCUT2D eigenvalue weighted by Gasteiger charge is -2.15. The number of phenolic OH excluding ortho intramolecular Hbond substituents is 1. The van der Waals surface area contributed by atoms with Gasteiger partial charge in [0.25, 0.3) is 5.56 Å². The van der Waals surface area contributed by atoms with Gasteiger partial charge in [-0.1, -0.05) is 48.5 Å². The second kappa shape index (κ2) is 7.08. The number of nitrogens with zero attached hydrogens (tertiary/aromatic N) is 2. The minimum atomic E-state index is -0.0903. The molecule has 3 aromatic carbocycles. The van der Waals surface area contributed by atoms with Gasteiger partial charge in [0, 0.05) is 6.54 Å². The van der Waals surface area contributed by atoms with Crippen molar-refractivity contribution in [2.45, 2.75) is 19.9 Å². The Morgan fingerprint density at radius 2 is 1.63 bits per heavy atom. The normalized spacial score (nSPS) is 11.0. The number of para-hydroxylation sites is 2. The average molecular weight is 356 g/mol. The molecule has 1 aromatic heterocycles. The van der Waals surface area contributed by atoms with Crippen LogP contribution in [0, 0.1) is 6.92 Å². The van der Waals surface area contributed by atoms with E-state index in [1.54, 1.807) is 28.8 Å². The van der Waals surface area contributed by atoms with Gasteiger partial charge < -0.3 is 5.11 Å². The Morgan fingerprint density at radius 3 is 2.44 bits per heavy atom. The molecule has 1 heterocycles. The largest absolute Gasteiger partial charge is 0.507 e. The number of aryl methyl sites for hydroxylation is 2. The van der Waals surface area contributed by atoms with E-state index in [2.05, 4.69) is 19.1 Å². The molecule has 0 aliphatic rings. The quantitative estimate of drug-likeness (QED) is 0.592. The third kappa shape index (κ3) is 3.22. The molecule has 27 heavy (non-hydrogen) atoms. The van der Waals surface area contributed by atoms with E-state index < -0.39 is 0 Å². The number of hydrogen-bond acceptors (Lipinski definition) is 3. The van der Waals surface area contributed by atoms with Crippen molar-refractivity contribution in [2.75, 3.05) is 0 Å². The van der Waals surface area contributed by atoms with Crippen molar-refractivity contribution in [3.8, 4) is 17.1 Å². The predicted molar refractivity (Wildman–Crippen MR) is 108 cm³/mol. The van der Waals surface area contributed by atoms with Crippen LogP contribution in [0.25, 0.3) is 22.3 Å². The molecule has 0 fully saturated rings. The molecular weight excluding hydrogens is 336 g/mol. The summed E-state index contributed by atoms with van der Waals surface area (Å²) in [4.78, 5) is 17.9. The SMILES string of the molecule is Cc1ccccc1CCn1c(-c2ccccc2O)nc2ccccc2c1=O. The van der Waals surface area contributed by atoms with E-state index in [4.69, 9.17) is 4.98 Å². The zero-order valence-corrected chi connectivity index (χ0v) is 15.1. The fourth-order valence-corrected chi connectivity index (χ4v) is 3.37. The molecule has 0 spiro atoms. The maximum atomic E-state index is 13.2. The molecule has 4 aromatic rings. The molecule has 4 nitrogen and oxygen atoms in total. The number of phenols is 1. The number of aromatic nitrogens is 2. The van der Waals surface area contributed by atoms with E-state index in [0.29, 0.717) is 35.3 Å². The van der Waals surface area contributed by atoms with Gasteiger partial charge in [0.05, 0.1) is 16.5 Å². The van der Waals surface area contributed by atoms with Gasteiger partial charge in [-0.2, -0.15) is 0 Å². The molecule has 0 aliphatic carbocycles. The molecule has 0 saturated heterocycles. The maximum absolute atomic E-state index is 13.2. The van der Waals surface area contributed by atoms with Crippen molar-refractivity contribution < 1.29 is 5.11 Å². The van der Waals surface area contributed by atoms with Crippen molar-refractivity contribution in [3.05, 3.63) is 94.3 Å². The zero-order valence-electron chi connectivity index (χ0n) is 15.1. The third-order valence-electron chi connectivity index (χ3n) is 4.87. The highest BCUT2D eigenvalue weighted by Gasteiger charge is 2.15. The zero-order chi connectivity index (χ0) is 18.8. The molecule has 1 N–H and O–H groups in total. The van der Waals surface area contributed by atoms with E-state index in [-0.39, 0.29) is 11.3 Å². The van der Waals surface area contributed by atoms with Crippen LogP contribution in [-0.4, -0.2) is 14.7 Å². The van der Waals surface area contributed by atoms with Crippen LogP contribution in [0.3, 0.4) is 0 Å². The lowest BCUT2D eigenvalue weighted by Crippen LogP contribution is -2.24. The smallest absolute Gasteiger partial charge is 0.261 e. The Morgan fingerprint density at radius 1 is 0.926 bits per heavy atom. The van der Waals surface area contributed by atoms with Crippen LogP contribution >= 0.6 is 0 Å². The number of hydrogen-bond donors (Lipinski definition) is 1. The van der Waals surface area contributed by atoms with Crippen LogP contribution in [0.2, 0.25) is 0 Å². The molecule has 134 valence electrons. The van der Waals surface area contributed by atoms with Gasteiger partial charge in [-0.3, -0.25) is 9.36 Å². The van der Waals surface area contributed by atoms with Gasteiger partial charge in [0.15, 0.2) is 0 Å². The van der Waals surface area contributed by atoms with Gasteiger partial charge in [0.2, 0.25) is 0 Å². The monoisotopic (exact) mass is 356 g/mol. The van der Waals surface area contributed by atoms with E-state index >= 15 is 0 Å². The van der Waals surface area contributed by atoms with E-state index in [9.17, 15) is 9.90 Å². The molecule has 0 atom stereocenters. The summed E-state index contributed by atoms with van der Waals surface area (Å²) in [7, 11) is 0. The molecule has 0 unspecified atom stereocenters. The minimum Gasteiger partial charge on any atom is -0.507 e. The van der Waals surface area contributed by atoms with Gasteiger partial charge in [-0.05, 0) is 48.7 Å². The van der Waals surface area contributed by atoms with Gasteiger partial charge in [-0.25, -0.2) is 4.98 Å². The first-order valence-electron chi connectivity index (χ1n) is 8.97. The summed E-state index contributed by atoms with van der Waals surface area (Å²) in [6.07, 6.45) is 0.715. The summed E-state index contributed by atoms with van der Waals surface area (Å²) >= 11 is 0. The molecule has 0 bridgehead atoms. The van der Waals surface area contributed by atoms with Crippen LogP contribution in [0.5, 0.6) is 5.75 Å². The van der Waals surface area contributed by atoms with Crippen molar-refractivity contribution in [1.29, 1.82) is 0 Å². The number of fused-ring (bicyclic) bond motifs is 1. The molecule has 0 radical (unpaired) electrons. The van der Waals surface area contributed by atoms with E-state index in [0.717, 1.165) is 0 Å². The lowest BCUT2D eigenvalue weighted by atomic mass is 10.1. The second-order valence-corrected chi connectivity index (χ2v) is 6.60. The Bertz CT molecular complexity index is 1180. The third-order valence-corrected chi connectivity index (χ3v) is 4.87. The summed E-state index contributed by atoms with van der Waals surface area (Å²) in [5.74, 6) is 0.606. The maximum Gasteiger partial charge on any atom is 0.261 e. The van der Waals surface area contributed by atoms with Crippen molar-refractivity contribution >= 4 is 10.9 Å². The lowest BCUT2D eigenvalue weighted by molar-refractivity contribution is 0.476. The average Bonchev–Trinajstić information content (AvgIpc) is 2.69. The number of benzene rings is 3. The number of aromatic hydroxyl groups is 1. The fourth-order valence-electron chi connectivity index (χ4n) is 3.37. The van der Waals surface area contributed by atoms with Crippen LogP contribution < -0.4 is 5.56 Å². The van der Waals surface area contributed by atoms with Crippen molar-refractivity contribution in [1.82, 2.24) is 9.55 Å². The summed E-state index contributed by atoms with van der Waals surface area (Å²) in [6.45, 7) is 2.56. The highest BCUT2D eigenvalue weighted by molar-refractivity contribution is 5.80. The molecule has 0 aliphatic heterocycles. The van der Waals surface area contributed by atoms with E-state index in [1.807, 2.05) is 36.4 Å². The summed E-state index contributed by atoms with van der Waals surface area (Å²) < 4.78 is 1.67. The Labute approximate surface area is 157 Å². The van der Waals surface area contributed by atoms with Gasteiger partial charge in [0.1, 0.15) is 11.6 Å². The second-order valence-electron chi connectivity index (χ2n) is 6.60. The first-order chi connectivity index (χ1) is 13.1. The molecular formula is C23H20N2O2. The highest BCUT2D eigenvalue weighted by Crippen LogP contribution is 2.27. The van der Waals surface area contributed by atoms with Crippen LogP contribution in [-0.2, 0) is 13.0 Å². The number of rotatable bonds is 4. The van der Waals surface area contributed by atoms with Gasteiger partial charge >= 0.3 is 0 Å². The summed E-state index contributed by atoms with van der Waals surface area (Å²) in [5, 5.41) is 10.9. The first-order valence-corrected chi connectivity index (χ1v) is 8.97. The summed E-state index contributed by atoms with van der Waals surface area (Å²) in [5.41, 5.74) is 3.50. The standard InChI is InChI=1S/C23H20N2O2/c1-16-8-2-3-9-17(16)14-15-25-22(19-11-5-7-13-21(19)26)24-20-12-6-4-10-18(20)23(25)27/h2-13,26H,14-15H2,1H3. The van der Waals surface area contributed by atoms with Crippen molar-refractivity contribution in [2.24, 2.45) is 0 Å². The molecule has 0 amide bonds. The summed E-state index contributed by atoms with van der Waals surface area (Å²) in [6, 6.07) is 22.5. The minimum absolute atomic E-state index is 0.0903. The van der Waals surface area contributed by atoms with Crippen molar-refractivity contribution in [3.63, 3.8) is 0 Å². The highest BCUT2D eigenvalue weighted by atomic mass is 16.3. The fraction of sp³-hybridized carbons (Fsp3) is 0.130. The van der Waals surface area contributed by atoms with Crippen LogP contribution in [0.15, 0.2) is 77.6 Å². The molecule has 4 rings (SSSR count). The Balaban J connectivity index is 1.88. The van der Waals surface area contributed by atoms with E-state index in [1.165, 1.54) is 11.1 Å². The Kier molecular flexibility index (Phi) is 4.47. The first kappa shape index (κ1) is 17.0. The molecule has 4 heteroatoms. The van der Waals surface area contributed by atoms with Crippen LogP contribution in [0.1, 0.15) is 11.1 Å². The Hall–Kier alpha value is -3.40.